The van der Waals surface area contributed by atoms with Crippen LogP contribution in [-0.4, -0.2) is 29.3 Å². The Bertz CT molecular complexity index is 841. The lowest BCUT2D eigenvalue weighted by Crippen LogP contribution is -2.38. The highest BCUT2D eigenvalue weighted by molar-refractivity contribution is 5.79. The number of nitrogens with one attached hydrogen (secondary N) is 2. The maximum absolute atomic E-state index is 13.6. The van der Waals surface area contributed by atoms with Crippen molar-refractivity contribution in [1.29, 1.82) is 0 Å². The van der Waals surface area contributed by atoms with Gasteiger partial charge in [0.05, 0.1) is 5.69 Å². The summed E-state index contributed by atoms with van der Waals surface area (Å²) in [5, 5.41) is 10.6. The van der Waals surface area contributed by atoms with Gasteiger partial charge in [0.2, 0.25) is 0 Å². The first-order valence-electron chi connectivity index (χ1n) is 8.53. The Morgan fingerprint density at radius 1 is 1.08 bits per heavy atom. The van der Waals surface area contributed by atoms with Crippen LogP contribution in [0.25, 0.3) is 5.69 Å². The molecule has 134 valence electrons. The van der Waals surface area contributed by atoms with E-state index in [0.717, 1.165) is 18.7 Å². The molecule has 0 aliphatic heterocycles. The van der Waals surface area contributed by atoms with Crippen LogP contribution in [-0.2, 0) is 13.0 Å². The van der Waals surface area contributed by atoms with Gasteiger partial charge in [-0.15, -0.1) is 0 Å². The monoisotopic (exact) mass is 351 g/mol. The molecule has 1 aromatic heterocycles. The number of hydrogen-bond acceptors (Lipinski definition) is 2. The molecule has 3 aromatic rings. The molecule has 6 heteroatoms. The van der Waals surface area contributed by atoms with Crippen LogP contribution in [0.2, 0.25) is 0 Å². The number of nitrogens with zero attached hydrogens (tertiary/aromatic N) is 3. The minimum atomic E-state index is -0.215. The first kappa shape index (κ1) is 17.7. The van der Waals surface area contributed by atoms with Crippen LogP contribution < -0.4 is 10.6 Å². The van der Waals surface area contributed by atoms with Gasteiger partial charge in [-0.2, -0.15) is 5.10 Å². The first-order chi connectivity index (χ1) is 12.8. The smallest absolute Gasteiger partial charge is 0.191 e. The van der Waals surface area contributed by atoms with Crippen LogP contribution in [0.15, 0.2) is 72.0 Å². The lowest BCUT2D eigenvalue weighted by Gasteiger charge is -2.12. The molecule has 26 heavy (non-hydrogen) atoms. The third kappa shape index (κ3) is 4.69. The third-order valence-corrected chi connectivity index (χ3v) is 4.04. The van der Waals surface area contributed by atoms with Gasteiger partial charge in [-0.3, -0.25) is 4.99 Å². The Hall–Kier alpha value is -3.15. The van der Waals surface area contributed by atoms with E-state index in [9.17, 15) is 4.39 Å². The zero-order chi connectivity index (χ0) is 18.2. The summed E-state index contributed by atoms with van der Waals surface area (Å²) in [7, 11) is 1.70. The number of aromatic nitrogens is 2. The second-order valence-corrected chi connectivity index (χ2v) is 5.81. The van der Waals surface area contributed by atoms with Crippen molar-refractivity contribution in [1.82, 2.24) is 20.4 Å². The molecule has 0 saturated carbocycles. The lowest BCUT2D eigenvalue weighted by atomic mass is 10.1. The topological polar surface area (TPSA) is 54.2 Å². The highest BCUT2D eigenvalue weighted by Crippen LogP contribution is 2.09. The van der Waals surface area contributed by atoms with Gasteiger partial charge in [0.15, 0.2) is 5.96 Å². The lowest BCUT2D eigenvalue weighted by molar-refractivity contribution is 0.604. The van der Waals surface area contributed by atoms with Crippen LogP contribution in [0.5, 0.6) is 0 Å². The van der Waals surface area contributed by atoms with Crippen LogP contribution in [0.1, 0.15) is 11.1 Å². The fourth-order valence-corrected chi connectivity index (χ4v) is 2.60. The SMILES string of the molecule is CN=C(NCCc1ccc(-n2cccn2)cc1)NCc1ccccc1F. The van der Waals surface area contributed by atoms with Gasteiger partial charge in [0.25, 0.3) is 0 Å². The zero-order valence-electron chi connectivity index (χ0n) is 14.7. The van der Waals surface area contributed by atoms with E-state index in [1.807, 2.05) is 35.1 Å². The van der Waals surface area contributed by atoms with E-state index in [1.165, 1.54) is 11.6 Å². The van der Waals surface area contributed by atoms with Crippen LogP contribution >= 0.6 is 0 Å². The van der Waals surface area contributed by atoms with Crippen molar-refractivity contribution in [3.8, 4) is 5.69 Å². The summed E-state index contributed by atoms with van der Waals surface area (Å²) in [5.41, 5.74) is 2.87. The third-order valence-electron chi connectivity index (χ3n) is 4.04. The van der Waals surface area contributed by atoms with E-state index in [0.29, 0.717) is 18.1 Å². The van der Waals surface area contributed by atoms with Crippen molar-refractivity contribution < 1.29 is 4.39 Å². The van der Waals surface area contributed by atoms with Crippen LogP contribution in [0.4, 0.5) is 4.39 Å². The molecule has 3 rings (SSSR count). The van der Waals surface area contributed by atoms with E-state index in [4.69, 9.17) is 0 Å². The van der Waals surface area contributed by atoms with E-state index < -0.39 is 0 Å². The number of aliphatic imine (C=N–C) groups is 1. The first-order valence-corrected chi connectivity index (χ1v) is 8.53. The van der Waals surface area contributed by atoms with Gasteiger partial charge in [0, 0.05) is 38.1 Å². The predicted molar refractivity (Wildman–Crippen MR) is 102 cm³/mol. The van der Waals surface area contributed by atoms with E-state index in [-0.39, 0.29) is 5.82 Å². The van der Waals surface area contributed by atoms with Crippen LogP contribution in [0.3, 0.4) is 0 Å². The van der Waals surface area contributed by atoms with Gasteiger partial charge in [-0.25, -0.2) is 9.07 Å². The largest absolute Gasteiger partial charge is 0.356 e. The van der Waals surface area contributed by atoms with Crippen LogP contribution in [0, 0.1) is 5.82 Å². The summed E-state index contributed by atoms with van der Waals surface area (Å²) in [6.07, 6.45) is 4.54. The van der Waals surface area contributed by atoms with Crippen molar-refractivity contribution >= 4 is 5.96 Å². The molecule has 0 saturated heterocycles. The molecule has 0 aliphatic rings. The summed E-state index contributed by atoms with van der Waals surface area (Å²) < 4.78 is 15.5. The summed E-state index contributed by atoms with van der Waals surface area (Å²) >= 11 is 0. The Morgan fingerprint density at radius 3 is 2.58 bits per heavy atom. The highest BCUT2D eigenvalue weighted by atomic mass is 19.1. The Balaban J connectivity index is 1.46. The van der Waals surface area contributed by atoms with Crippen molar-refractivity contribution in [2.45, 2.75) is 13.0 Å². The highest BCUT2D eigenvalue weighted by Gasteiger charge is 2.03. The van der Waals surface area contributed by atoms with Gasteiger partial charge < -0.3 is 10.6 Å². The predicted octanol–water partition coefficient (Wildman–Crippen LogP) is 2.92. The molecule has 2 aromatic carbocycles. The Kier molecular flexibility index (Phi) is 5.98. The summed E-state index contributed by atoms with van der Waals surface area (Å²) in [5.74, 6) is 0.439. The minimum Gasteiger partial charge on any atom is -0.356 e. The zero-order valence-corrected chi connectivity index (χ0v) is 14.7. The van der Waals surface area contributed by atoms with Gasteiger partial charge in [-0.05, 0) is 36.2 Å². The van der Waals surface area contributed by atoms with Crippen molar-refractivity contribution in [2.24, 2.45) is 4.99 Å². The number of guanidine groups is 1. The van der Waals surface area contributed by atoms with Gasteiger partial charge in [0.1, 0.15) is 5.82 Å². The molecular weight excluding hydrogens is 329 g/mol. The van der Waals surface area contributed by atoms with E-state index >= 15 is 0 Å². The molecule has 0 bridgehead atoms. The fraction of sp³-hybridized carbons (Fsp3) is 0.200. The maximum Gasteiger partial charge on any atom is 0.191 e. The van der Waals surface area contributed by atoms with Gasteiger partial charge in [-0.1, -0.05) is 30.3 Å². The standard InChI is InChI=1S/C20H22FN5/c1-22-20(24-15-17-5-2-3-6-19(17)21)23-13-11-16-7-9-18(10-8-16)26-14-4-12-25-26/h2-10,12,14H,11,13,15H2,1H3,(H2,22,23,24). The van der Waals surface area contributed by atoms with Crippen molar-refractivity contribution in [3.63, 3.8) is 0 Å². The summed E-state index contributed by atoms with van der Waals surface area (Å²) in [4.78, 5) is 4.17. The number of rotatable bonds is 6. The minimum absolute atomic E-state index is 0.215. The van der Waals surface area contributed by atoms with E-state index in [2.05, 4.69) is 32.9 Å². The normalized spacial score (nSPS) is 11.4. The second-order valence-electron chi connectivity index (χ2n) is 5.81. The average molecular weight is 351 g/mol. The molecule has 0 aliphatic carbocycles. The van der Waals surface area contributed by atoms with Crippen molar-refractivity contribution in [3.05, 3.63) is 83.9 Å². The molecule has 0 unspecified atom stereocenters. The fourth-order valence-electron chi connectivity index (χ4n) is 2.60. The molecular formula is C20H22FN5. The number of halogens is 1. The van der Waals surface area contributed by atoms with Gasteiger partial charge >= 0.3 is 0 Å². The number of benzene rings is 2. The average Bonchev–Trinajstić information content (AvgIpc) is 3.21. The van der Waals surface area contributed by atoms with E-state index in [1.54, 1.807) is 25.4 Å². The summed E-state index contributed by atoms with van der Waals surface area (Å²) in [6.45, 7) is 1.13. The van der Waals surface area contributed by atoms with Crippen molar-refractivity contribution in [2.75, 3.05) is 13.6 Å². The summed E-state index contributed by atoms with van der Waals surface area (Å²) in [6, 6.07) is 16.9. The Labute approximate surface area is 152 Å². The second kappa shape index (κ2) is 8.80. The molecule has 0 amide bonds. The molecule has 5 nitrogen and oxygen atoms in total. The Morgan fingerprint density at radius 2 is 1.88 bits per heavy atom. The molecule has 0 radical (unpaired) electrons. The molecule has 2 N–H and O–H groups in total. The molecule has 0 atom stereocenters. The molecule has 1 heterocycles. The quantitative estimate of drug-likeness (QED) is 0.530. The number of hydrogen-bond donors (Lipinski definition) is 2. The molecule has 0 fully saturated rings. The maximum atomic E-state index is 13.6. The molecule has 0 spiro atoms.